The summed E-state index contributed by atoms with van der Waals surface area (Å²) in [4.78, 5) is 24.6. The Hall–Kier alpha value is -1.92. The van der Waals surface area contributed by atoms with Gasteiger partial charge in [-0.15, -0.1) is 0 Å². The van der Waals surface area contributed by atoms with Gasteiger partial charge in [-0.05, 0) is 64.2 Å². The third-order valence-corrected chi connectivity index (χ3v) is 17.7. The Labute approximate surface area is 519 Å². The summed E-state index contributed by atoms with van der Waals surface area (Å²) in [7, 11) is 0. The Morgan fingerprint density at radius 2 is 0.602 bits per heavy atom. The number of carbonyl (C=O) groups excluding carboxylic acids is 2. The van der Waals surface area contributed by atoms with Crippen LogP contribution in [0.2, 0.25) is 0 Å². The van der Waals surface area contributed by atoms with E-state index in [0.717, 1.165) is 44.9 Å². The molecule has 83 heavy (non-hydrogen) atoms. The van der Waals surface area contributed by atoms with Crippen molar-refractivity contribution in [1.29, 1.82) is 0 Å². The van der Waals surface area contributed by atoms with E-state index in [1.165, 1.54) is 347 Å². The van der Waals surface area contributed by atoms with Crippen LogP contribution < -0.4 is 5.32 Å². The minimum Gasteiger partial charge on any atom is -0.466 e. The number of rotatable bonds is 71. The molecular formula is C77H147NO5. The standard InChI is InChI=1S/C77H147NO5/c1-3-5-7-9-11-13-15-17-19-21-22-34-38-41-45-49-53-57-61-65-69-75(80)74(73-79)78-76(81)70-66-62-58-54-50-46-42-39-35-32-30-28-26-24-23-25-27-29-31-33-36-40-44-48-52-56-60-64-68-72-83-77(82)71-67-63-59-55-51-47-43-37-20-18-16-14-12-10-8-6-4-2/h23,25,29,31,65,69,74-75,79-80H,3-22,24,26-28,30,32-64,66-68,70-73H2,1-2H3,(H,78,81)/b25-23-,31-29-,69-65+. The van der Waals surface area contributed by atoms with Gasteiger partial charge in [0.25, 0.3) is 0 Å². The third kappa shape index (κ3) is 69.1. The number of aliphatic hydroxyl groups excluding tert-OH is 2. The average molecular weight is 1170 g/mol. The predicted molar refractivity (Wildman–Crippen MR) is 366 cm³/mol. The summed E-state index contributed by atoms with van der Waals surface area (Å²) in [6.07, 6.45) is 93.8. The summed E-state index contributed by atoms with van der Waals surface area (Å²) in [6.45, 7) is 4.95. The zero-order valence-corrected chi connectivity index (χ0v) is 56.2. The number of hydrogen-bond acceptors (Lipinski definition) is 5. The van der Waals surface area contributed by atoms with Gasteiger partial charge in [0.15, 0.2) is 0 Å². The maximum absolute atomic E-state index is 12.5. The minimum atomic E-state index is -0.846. The van der Waals surface area contributed by atoms with Crippen LogP contribution in [0, 0.1) is 0 Å². The molecule has 0 fully saturated rings. The second-order valence-corrected chi connectivity index (χ2v) is 26.0. The van der Waals surface area contributed by atoms with Gasteiger partial charge in [0.2, 0.25) is 5.91 Å². The maximum atomic E-state index is 12.5. The van der Waals surface area contributed by atoms with E-state index >= 15 is 0 Å². The Morgan fingerprint density at radius 3 is 0.916 bits per heavy atom. The van der Waals surface area contributed by atoms with Crippen molar-refractivity contribution in [2.24, 2.45) is 0 Å². The highest BCUT2D eigenvalue weighted by Gasteiger charge is 2.18. The van der Waals surface area contributed by atoms with Gasteiger partial charge < -0.3 is 20.3 Å². The van der Waals surface area contributed by atoms with Crippen LogP contribution in [-0.4, -0.2) is 47.4 Å². The minimum absolute atomic E-state index is 0.0163. The Bertz CT molecular complexity index is 1340. The number of aliphatic hydroxyl groups is 2. The molecule has 0 heterocycles. The molecule has 0 bridgehead atoms. The van der Waals surface area contributed by atoms with Crippen LogP contribution in [-0.2, 0) is 14.3 Å². The molecule has 0 radical (unpaired) electrons. The van der Waals surface area contributed by atoms with Gasteiger partial charge in [-0.3, -0.25) is 9.59 Å². The van der Waals surface area contributed by atoms with E-state index < -0.39 is 12.1 Å². The van der Waals surface area contributed by atoms with Crippen molar-refractivity contribution in [3.05, 3.63) is 36.5 Å². The van der Waals surface area contributed by atoms with Crippen molar-refractivity contribution in [2.45, 2.75) is 431 Å². The smallest absolute Gasteiger partial charge is 0.305 e. The summed E-state index contributed by atoms with van der Waals surface area (Å²) in [6, 6.07) is -0.630. The van der Waals surface area contributed by atoms with Gasteiger partial charge in [0.05, 0.1) is 25.4 Å². The van der Waals surface area contributed by atoms with Gasteiger partial charge in [-0.25, -0.2) is 0 Å². The third-order valence-electron chi connectivity index (χ3n) is 17.7. The van der Waals surface area contributed by atoms with Gasteiger partial charge >= 0.3 is 5.97 Å². The SMILES string of the molecule is CCCCCCCCCCCCCCCCCCCC/C=C/C(O)C(CO)NC(=O)CCCCCCCCCCCCCCC/C=C\C/C=C\CCCCCCCCCCCOC(=O)CCCCCCCCCCCCCCCCCCC. The number of nitrogens with one attached hydrogen (secondary N) is 1. The van der Waals surface area contributed by atoms with Crippen LogP contribution in [0.4, 0.5) is 0 Å². The molecule has 2 atom stereocenters. The quantitative estimate of drug-likeness (QED) is 0.0320. The van der Waals surface area contributed by atoms with Crippen molar-refractivity contribution < 1.29 is 24.5 Å². The lowest BCUT2D eigenvalue weighted by molar-refractivity contribution is -0.143. The van der Waals surface area contributed by atoms with Crippen molar-refractivity contribution in [2.75, 3.05) is 13.2 Å². The first-order valence-electron chi connectivity index (χ1n) is 37.8. The largest absolute Gasteiger partial charge is 0.466 e. The maximum Gasteiger partial charge on any atom is 0.305 e. The van der Waals surface area contributed by atoms with Crippen LogP contribution >= 0.6 is 0 Å². The number of ether oxygens (including phenoxy) is 1. The molecule has 0 rings (SSSR count). The van der Waals surface area contributed by atoms with E-state index in [4.69, 9.17) is 4.74 Å². The summed E-state index contributed by atoms with van der Waals surface area (Å²) in [5.41, 5.74) is 0. The molecule has 2 unspecified atom stereocenters. The van der Waals surface area contributed by atoms with Crippen molar-refractivity contribution in [3.8, 4) is 0 Å². The van der Waals surface area contributed by atoms with E-state index in [9.17, 15) is 19.8 Å². The second kappa shape index (κ2) is 72.6. The van der Waals surface area contributed by atoms with Crippen molar-refractivity contribution >= 4 is 11.9 Å². The highest BCUT2D eigenvalue weighted by atomic mass is 16.5. The van der Waals surface area contributed by atoms with E-state index in [1.807, 2.05) is 6.08 Å². The second-order valence-electron chi connectivity index (χ2n) is 26.0. The Morgan fingerprint density at radius 1 is 0.337 bits per heavy atom. The highest BCUT2D eigenvalue weighted by Crippen LogP contribution is 2.19. The number of esters is 1. The van der Waals surface area contributed by atoms with Crippen LogP contribution in [0.3, 0.4) is 0 Å². The van der Waals surface area contributed by atoms with Gasteiger partial charge in [0.1, 0.15) is 0 Å². The van der Waals surface area contributed by atoms with Crippen LogP contribution in [0.25, 0.3) is 0 Å². The molecule has 0 aliphatic carbocycles. The lowest BCUT2D eigenvalue weighted by atomic mass is 10.0. The number of amides is 1. The van der Waals surface area contributed by atoms with Crippen molar-refractivity contribution in [3.63, 3.8) is 0 Å². The van der Waals surface area contributed by atoms with Gasteiger partial charge in [-0.2, -0.15) is 0 Å². The zero-order chi connectivity index (χ0) is 59.9. The summed E-state index contributed by atoms with van der Waals surface area (Å²) in [5, 5.41) is 23.3. The molecule has 0 aromatic heterocycles. The first-order chi connectivity index (χ1) is 41.0. The molecule has 0 aromatic carbocycles. The fourth-order valence-corrected chi connectivity index (χ4v) is 11.9. The number of unbranched alkanes of at least 4 members (excludes halogenated alkanes) is 56. The first-order valence-corrected chi connectivity index (χ1v) is 37.8. The lowest BCUT2D eigenvalue weighted by Crippen LogP contribution is -2.45. The van der Waals surface area contributed by atoms with Crippen molar-refractivity contribution in [1.82, 2.24) is 5.32 Å². The van der Waals surface area contributed by atoms with Crippen LogP contribution in [0.1, 0.15) is 418 Å². The van der Waals surface area contributed by atoms with Crippen LogP contribution in [0.15, 0.2) is 36.5 Å². The lowest BCUT2D eigenvalue weighted by Gasteiger charge is -2.20. The summed E-state index contributed by atoms with van der Waals surface area (Å²) in [5.74, 6) is -0.0489. The number of allylic oxidation sites excluding steroid dienone is 5. The summed E-state index contributed by atoms with van der Waals surface area (Å²) >= 11 is 0. The first kappa shape index (κ1) is 81.1. The zero-order valence-electron chi connectivity index (χ0n) is 56.2. The Balaban J connectivity index is 3.41. The Kier molecular flexibility index (Phi) is 70.9. The molecule has 6 heteroatoms. The fraction of sp³-hybridized carbons (Fsp3) is 0.896. The molecule has 0 saturated carbocycles. The fourth-order valence-electron chi connectivity index (χ4n) is 11.9. The molecule has 1 amide bonds. The molecule has 490 valence electrons. The van der Waals surface area contributed by atoms with E-state index in [0.29, 0.717) is 19.4 Å². The van der Waals surface area contributed by atoms with E-state index in [2.05, 4.69) is 43.5 Å². The molecule has 0 saturated heterocycles. The normalized spacial score (nSPS) is 12.7. The molecule has 6 nitrogen and oxygen atoms in total. The van der Waals surface area contributed by atoms with E-state index in [1.54, 1.807) is 6.08 Å². The highest BCUT2D eigenvalue weighted by molar-refractivity contribution is 5.76. The predicted octanol–water partition coefficient (Wildman–Crippen LogP) is 24.7. The molecule has 0 aliphatic rings. The molecule has 3 N–H and O–H groups in total. The monoisotopic (exact) mass is 1170 g/mol. The molecular weight excluding hydrogens is 1020 g/mol. The number of carbonyl (C=O) groups is 2. The molecule has 0 aromatic rings. The number of hydrogen-bond donors (Lipinski definition) is 3. The van der Waals surface area contributed by atoms with Gasteiger partial charge in [0, 0.05) is 12.8 Å². The average Bonchev–Trinajstić information content (AvgIpc) is 3.49. The van der Waals surface area contributed by atoms with E-state index in [-0.39, 0.29) is 18.5 Å². The van der Waals surface area contributed by atoms with Gasteiger partial charge in [-0.1, -0.05) is 378 Å². The topological polar surface area (TPSA) is 95.9 Å². The molecule has 0 aliphatic heterocycles. The summed E-state index contributed by atoms with van der Waals surface area (Å²) < 4.78 is 5.50. The molecule has 0 spiro atoms. The van der Waals surface area contributed by atoms with Crippen LogP contribution in [0.5, 0.6) is 0 Å².